The van der Waals surface area contributed by atoms with Crippen molar-refractivity contribution in [2.75, 3.05) is 12.5 Å². The molecular formula is C21H23N5O4S. The third-order valence-electron chi connectivity index (χ3n) is 5.75. The van der Waals surface area contributed by atoms with Gasteiger partial charge in [-0.1, -0.05) is 31.0 Å². The summed E-state index contributed by atoms with van der Waals surface area (Å²) >= 11 is 1.26. The second kappa shape index (κ2) is 8.26. The Morgan fingerprint density at radius 3 is 2.68 bits per heavy atom. The van der Waals surface area contributed by atoms with Gasteiger partial charge < -0.3 is 9.47 Å². The Hall–Kier alpha value is -3.01. The van der Waals surface area contributed by atoms with Crippen LogP contribution in [0.5, 0.6) is 11.5 Å². The van der Waals surface area contributed by atoms with Crippen LogP contribution in [0.25, 0.3) is 16.6 Å². The van der Waals surface area contributed by atoms with E-state index in [1.165, 1.54) is 18.2 Å². The van der Waals surface area contributed by atoms with Crippen LogP contribution in [0, 0.1) is 12.8 Å². The number of hydrogen-bond donors (Lipinski definition) is 2. The molecular weight excluding hydrogens is 418 g/mol. The molecule has 1 fully saturated rings. The highest BCUT2D eigenvalue weighted by Gasteiger charge is 2.22. The molecule has 1 aliphatic heterocycles. The van der Waals surface area contributed by atoms with E-state index in [-0.39, 0.29) is 30.3 Å². The Labute approximate surface area is 182 Å². The maximum absolute atomic E-state index is 12.3. The van der Waals surface area contributed by atoms with Crippen molar-refractivity contribution in [3.8, 4) is 11.5 Å². The van der Waals surface area contributed by atoms with E-state index >= 15 is 0 Å². The molecule has 162 valence electrons. The van der Waals surface area contributed by atoms with Crippen LogP contribution in [0.3, 0.4) is 0 Å². The number of nitrogens with zero attached hydrogens (tertiary/aromatic N) is 3. The highest BCUT2D eigenvalue weighted by molar-refractivity contribution is 7.99. The van der Waals surface area contributed by atoms with Gasteiger partial charge in [0.15, 0.2) is 22.3 Å². The zero-order valence-corrected chi connectivity index (χ0v) is 18.0. The quantitative estimate of drug-likeness (QED) is 0.474. The third-order valence-corrected chi connectivity index (χ3v) is 6.68. The summed E-state index contributed by atoms with van der Waals surface area (Å²) in [5.74, 6) is 1.08. The summed E-state index contributed by atoms with van der Waals surface area (Å²) < 4.78 is 12.9. The molecule has 3 aromatic rings. The second-order valence-electron chi connectivity index (χ2n) is 7.89. The molecule has 10 heteroatoms. The number of benzene rings is 1. The van der Waals surface area contributed by atoms with Crippen LogP contribution in [-0.4, -0.2) is 39.0 Å². The highest BCUT2D eigenvalue weighted by Crippen LogP contribution is 2.37. The number of hydrogen-bond acceptors (Lipinski definition) is 7. The Bertz CT molecular complexity index is 1170. The first kappa shape index (κ1) is 19.9. The SMILES string of the molecule is Cc1cc2cc3c(cc2n2c(SCC(=O)NNC(=O)C4CCCCC4)nnc12)OCO3. The van der Waals surface area contributed by atoms with Crippen LogP contribution in [0.15, 0.2) is 23.4 Å². The standard InChI is InChI=1S/C21H23N5O4S/c1-12-7-14-8-16-17(30-11-29-16)9-15(14)26-19(12)23-25-21(26)31-10-18(27)22-24-20(28)13-5-3-2-4-6-13/h7-9,13H,2-6,10-11H2,1H3,(H,22,27)(H,24,28). The van der Waals surface area contributed by atoms with Crippen LogP contribution < -0.4 is 20.3 Å². The molecule has 0 atom stereocenters. The number of thioether (sulfide) groups is 1. The first-order valence-electron chi connectivity index (χ1n) is 10.4. The molecule has 2 amide bonds. The van der Waals surface area contributed by atoms with Gasteiger partial charge >= 0.3 is 0 Å². The second-order valence-corrected chi connectivity index (χ2v) is 8.84. The van der Waals surface area contributed by atoms with Gasteiger partial charge in [-0.05, 0) is 37.5 Å². The monoisotopic (exact) mass is 441 g/mol. The molecule has 0 spiro atoms. The molecule has 2 N–H and O–H groups in total. The van der Waals surface area contributed by atoms with Gasteiger partial charge in [0.2, 0.25) is 18.6 Å². The van der Waals surface area contributed by atoms with E-state index in [4.69, 9.17) is 9.47 Å². The fraction of sp³-hybridized carbons (Fsp3) is 0.429. The van der Waals surface area contributed by atoms with Gasteiger partial charge in [0.25, 0.3) is 0 Å². The van der Waals surface area contributed by atoms with Crippen molar-refractivity contribution >= 4 is 40.1 Å². The summed E-state index contributed by atoms with van der Waals surface area (Å²) in [6.45, 7) is 2.17. The van der Waals surface area contributed by atoms with Crippen molar-refractivity contribution in [2.45, 2.75) is 44.2 Å². The predicted molar refractivity (Wildman–Crippen MR) is 115 cm³/mol. The van der Waals surface area contributed by atoms with Crippen LogP contribution in [-0.2, 0) is 9.59 Å². The number of fused-ring (bicyclic) bond motifs is 4. The Morgan fingerprint density at radius 2 is 1.87 bits per heavy atom. The Morgan fingerprint density at radius 1 is 1.10 bits per heavy atom. The number of aromatic nitrogens is 3. The van der Waals surface area contributed by atoms with E-state index in [2.05, 4.69) is 21.0 Å². The molecule has 3 heterocycles. The molecule has 0 unspecified atom stereocenters. The Balaban J connectivity index is 1.31. The van der Waals surface area contributed by atoms with Gasteiger partial charge in [0, 0.05) is 17.4 Å². The smallest absolute Gasteiger partial charge is 0.248 e. The van der Waals surface area contributed by atoms with Crippen molar-refractivity contribution in [2.24, 2.45) is 5.92 Å². The summed E-state index contributed by atoms with van der Waals surface area (Å²) in [5, 5.41) is 10.1. The number of amides is 2. The van der Waals surface area contributed by atoms with Gasteiger partial charge in [-0.25, -0.2) is 0 Å². The van der Waals surface area contributed by atoms with Gasteiger partial charge in [-0.3, -0.25) is 24.8 Å². The van der Waals surface area contributed by atoms with Gasteiger partial charge in [-0.2, -0.15) is 0 Å². The van der Waals surface area contributed by atoms with Crippen LogP contribution in [0.2, 0.25) is 0 Å². The summed E-state index contributed by atoms with van der Waals surface area (Å²) in [4.78, 5) is 24.5. The van der Waals surface area contributed by atoms with Crippen molar-refractivity contribution < 1.29 is 19.1 Å². The first-order chi connectivity index (χ1) is 15.1. The molecule has 0 radical (unpaired) electrons. The number of ether oxygens (including phenoxy) is 2. The van der Waals surface area contributed by atoms with Gasteiger partial charge in [0.05, 0.1) is 11.3 Å². The maximum Gasteiger partial charge on any atom is 0.248 e. The number of hydrazine groups is 1. The van der Waals surface area contributed by atoms with Crippen molar-refractivity contribution in [1.82, 2.24) is 25.4 Å². The van der Waals surface area contributed by atoms with E-state index in [0.717, 1.165) is 47.8 Å². The molecule has 0 bridgehead atoms. The van der Waals surface area contributed by atoms with E-state index < -0.39 is 0 Å². The van der Waals surface area contributed by atoms with Crippen molar-refractivity contribution in [3.05, 3.63) is 23.8 Å². The molecule has 2 aromatic heterocycles. The van der Waals surface area contributed by atoms with Gasteiger partial charge in [0.1, 0.15) is 0 Å². The van der Waals surface area contributed by atoms with Crippen molar-refractivity contribution in [3.63, 3.8) is 0 Å². The summed E-state index contributed by atoms with van der Waals surface area (Å²) in [5.41, 5.74) is 7.65. The molecule has 1 aromatic carbocycles. The van der Waals surface area contributed by atoms with E-state index in [1.807, 2.05) is 29.5 Å². The largest absolute Gasteiger partial charge is 0.454 e. The number of nitrogens with one attached hydrogen (secondary N) is 2. The van der Waals surface area contributed by atoms with E-state index in [1.54, 1.807) is 0 Å². The predicted octanol–water partition coefficient (Wildman–Crippen LogP) is 2.74. The molecule has 1 aliphatic carbocycles. The Kier molecular flexibility index (Phi) is 5.31. The lowest BCUT2D eigenvalue weighted by Crippen LogP contribution is -2.45. The molecule has 2 aliphatic rings. The van der Waals surface area contributed by atoms with Gasteiger partial charge in [-0.15, -0.1) is 10.2 Å². The lowest BCUT2D eigenvalue weighted by molar-refractivity contribution is -0.131. The fourth-order valence-electron chi connectivity index (χ4n) is 4.15. The lowest BCUT2D eigenvalue weighted by atomic mass is 9.89. The number of aryl methyl sites for hydroxylation is 1. The highest BCUT2D eigenvalue weighted by atomic mass is 32.2. The topological polar surface area (TPSA) is 107 Å². The average molecular weight is 442 g/mol. The zero-order chi connectivity index (χ0) is 21.4. The van der Waals surface area contributed by atoms with E-state index in [9.17, 15) is 9.59 Å². The normalized spacial score (nSPS) is 16.0. The summed E-state index contributed by atoms with van der Waals surface area (Å²) in [7, 11) is 0. The minimum absolute atomic E-state index is 0.00981. The minimum Gasteiger partial charge on any atom is -0.454 e. The zero-order valence-electron chi connectivity index (χ0n) is 17.1. The van der Waals surface area contributed by atoms with Crippen molar-refractivity contribution in [1.29, 1.82) is 0 Å². The van der Waals surface area contributed by atoms with Crippen LogP contribution in [0.4, 0.5) is 0 Å². The number of carbonyl (C=O) groups is 2. The average Bonchev–Trinajstić information content (AvgIpc) is 3.42. The molecule has 31 heavy (non-hydrogen) atoms. The molecule has 9 nitrogen and oxygen atoms in total. The molecule has 0 saturated heterocycles. The number of rotatable bonds is 4. The van der Waals surface area contributed by atoms with Crippen LogP contribution in [0.1, 0.15) is 37.7 Å². The van der Waals surface area contributed by atoms with E-state index in [0.29, 0.717) is 16.7 Å². The molecule has 5 rings (SSSR count). The summed E-state index contributed by atoms with van der Waals surface area (Å²) in [6, 6.07) is 5.87. The number of carbonyl (C=O) groups excluding carboxylic acids is 2. The van der Waals surface area contributed by atoms with Crippen LogP contribution >= 0.6 is 11.8 Å². The minimum atomic E-state index is -0.291. The third kappa shape index (κ3) is 3.87. The maximum atomic E-state index is 12.3. The lowest BCUT2D eigenvalue weighted by Gasteiger charge is -2.20. The summed E-state index contributed by atoms with van der Waals surface area (Å²) in [6.07, 6.45) is 5.07. The fourth-order valence-corrected chi connectivity index (χ4v) is 4.90. The number of pyridine rings is 1. The first-order valence-corrected chi connectivity index (χ1v) is 11.4. The molecule has 1 saturated carbocycles.